The smallest absolute Gasteiger partial charge is 0.215 e. The molecule has 0 aliphatic heterocycles. The lowest BCUT2D eigenvalue weighted by Crippen LogP contribution is -2.27. The van der Waals surface area contributed by atoms with Gasteiger partial charge in [-0.3, -0.25) is 0 Å². The molecular weight excluding hydrogens is 346 g/mol. The number of fused-ring (bicyclic) bond motifs is 1. The molecule has 0 amide bonds. The minimum Gasteiger partial charge on any atom is -0.305 e. The number of rotatable bonds is 6. The van der Waals surface area contributed by atoms with Gasteiger partial charge in [-0.05, 0) is 24.6 Å². The summed E-state index contributed by atoms with van der Waals surface area (Å²) in [7, 11) is -3.36. The van der Waals surface area contributed by atoms with Crippen molar-refractivity contribution in [2.75, 3.05) is 6.54 Å². The average molecular weight is 364 g/mol. The van der Waals surface area contributed by atoms with Crippen LogP contribution in [0.25, 0.3) is 5.65 Å². The maximum absolute atomic E-state index is 12.1. The zero-order chi connectivity index (χ0) is 17.2. The molecule has 3 rings (SSSR count). The summed E-state index contributed by atoms with van der Waals surface area (Å²) >= 11 is 5.94. The molecule has 0 saturated carbocycles. The fourth-order valence-electron chi connectivity index (χ4n) is 2.43. The Morgan fingerprint density at radius 3 is 2.62 bits per heavy atom. The highest BCUT2D eigenvalue weighted by Gasteiger charge is 2.11. The normalized spacial score (nSPS) is 11.9. The number of hydrogen-bond acceptors (Lipinski definition) is 3. The number of halogens is 1. The van der Waals surface area contributed by atoms with Crippen LogP contribution in [-0.2, 0) is 22.2 Å². The average Bonchev–Trinajstić information content (AvgIpc) is 2.91. The Bertz CT molecular complexity index is 950. The first kappa shape index (κ1) is 17.0. The summed E-state index contributed by atoms with van der Waals surface area (Å²) in [5, 5.41) is 0.630. The Kier molecular flexibility index (Phi) is 4.89. The summed E-state index contributed by atoms with van der Waals surface area (Å²) in [4.78, 5) is 4.44. The maximum Gasteiger partial charge on any atom is 0.215 e. The van der Waals surface area contributed by atoms with Gasteiger partial charge >= 0.3 is 0 Å². The Hall–Kier alpha value is -1.89. The molecule has 0 bridgehead atoms. The quantitative estimate of drug-likeness (QED) is 0.732. The van der Waals surface area contributed by atoms with E-state index in [2.05, 4.69) is 9.71 Å². The molecule has 1 N–H and O–H groups in total. The lowest BCUT2D eigenvalue weighted by Gasteiger charge is -2.06. The molecule has 0 aliphatic carbocycles. The SMILES string of the molecule is Cc1ccc(CS(=O)(=O)NCCc2cn3cc(Cl)ccc3n2)cc1. The van der Waals surface area contributed by atoms with Gasteiger partial charge in [0.2, 0.25) is 10.0 Å². The van der Waals surface area contributed by atoms with Gasteiger partial charge in [0.05, 0.1) is 16.5 Å². The van der Waals surface area contributed by atoms with Crippen LogP contribution < -0.4 is 4.72 Å². The summed E-state index contributed by atoms with van der Waals surface area (Å²) in [6, 6.07) is 11.1. The number of benzene rings is 1. The molecule has 2 aromatic heterocycles. The van der Waals surface area contributed by atoms with Crippen molar-refractivity contribution < 1.29 is 8.42 Å². The monoisotopic (exact) mass is 363 g/mol. The molecule has 24 heavy (non-hydrogen) atoms. The summed E-state index contributed by atoms with van der Waals surface area (Å²) in [6.07, 6.45) is 4.15. The van der Waals surface area contributed by atoms with Crippen molar-refractivity contribution >= 4 is 27.3 Å². The lowest BCUT2D eigenvalue weighted by atomic mass is 10.2. The van der Waals surface area contributed by atoms with Gasteiger partial charge in [-0.15, -0.1) is 0 Å². The second-order valence-electron chi connectivity index (χ2n) is 5.73. The minimum absolute atomic E-state index is 0.0198. The van der Waals surface area contributed by atoms with Gasteiger partial charge in [-0.25, -0.2) is 18.1 Å². The van der Waals surface area contributed by atoms with Gasteiger partial charge in [0.1, 0.15) is 5.65 Å². The number of sulfonamides is 1. The van der Waals surface area contributed by atoms with E-state index in [0.717, 1.165) is 22.5 Å². The van der Waals surface area contributed by atoms with Gasteiger partial charge < -0.3 is 4.40 Å². The number of pyridine rings is 1. The number of aromatic nitrogens is 2. The molecule has 3 aromatic rings. The van der Waals surface area contributed by atoms with E-state index in [0.29, 0.717) is 18.0 Å². The standard InChI is InChI=1S/C17H18ClN3O2S/c1-13-2-4-14(5-3-13)12-24(22,23)19-9-8-16-11-21-10-15(18)6-7-17(21)20-16/h2-7,10-11,19H,8-9,12H2,1H3. The molecule has 0 atom stereocenters. The van der Waals surface area contributed by atoms with Crippen molar-refractivity contribution in [2.45, 2.75) is 19.1 Å². The first-order valence-electron chi connectivity index (χ1n) is 7.57. The van der Waals surface area contributed by atoms with E-state index in [1.54, 1.807) is 12.3 Å². The summed E-state index contributed by atoms with van der Waals surface area (Å²) in [6.45, 7) is 2.28. The third-order valence-electron chi connectivity index (χ3n) is 3.65. The van der Waals surface area contributed by atoms with E-state index >= 15 is 0 Å². The van der Waals surface area contributed by atoms with Crippen LogP contribution >= 0.6 is 11.6 Å². The Labute approximate surface area is 146 Å². The van der Waals surface area contributed by atoms with Crippen LogP contribution in [0.1, 0.15) is 16.8 Å². The molecule has 126 valence electrons. The van der Waals surface area contributed by atoms with Crippen LogP contribution in [0.2, 0.25) is 5.02 Å². The number of nitrogens with zero attached hydrogens (tertiary/aromatic N) is 2. The van der Waals surface area contributed by atoms with Crippen molar-refractivity contribution in [1.82, 2.24) is 14.1 Å². The van der Waals surface area contributed by atoms with Gasteiger partial charge in [0, 0.05) is 25.4 Å². The molecule has 0 saturated heterocycles. The molecule has 5 nitrogen and oxygen atoms in total. The molecule has 0 radical (unpaired) electrons. The zero-order valence-electron chi connectivity index (χ0n) is 13.2. The predicted octanol–water partition coefficient (Wildman–Crippen LogP) is 2.96. The van der Waals surface area contributed by atoms with Gasteiger partial charge in [0.15, 0.2) is 0 Å². The van der Waals surface area contributed by atoms with Crippen LogP contribution in [0, 0.1) is 6.92 Å². The zero-order valence-corrected chi connectivity index (χ0v) is 14.8. The molecule has 0 fully saturated rings. The molecule has 0 aliphatic rings. The molecular formula is C17H18ClN3O2S. The summed E-state index contributed by atoms with van der Waals surface area (Å²) in [5.41, 5.74) is 3.48. The highest BCUT2D eigenvalue weighted by molar-refractivity contribution is 7.88. The first-order chi connectivity index (χ1) is 11.4. The second kappa shape index (κ2) is 6.93. The first-order valence-corrected chi connectivity index (χ1v) is 9.60. The van der Waals surface area contributed by atoms with Gasteiger partial charge in [-0.1, -0.05) is 41.4 Å². The molecule has 7 heteroatoms. The molecule has 2 heterocycles. The fourth-order valence-corrected chi connectivity index (χ4v) is 3.74. The summed E-state index contributed by atoms with van der Waals surface area (Å²) < 4.78 is 28.7. The van der Waals surface area contributed by atoms with Crippen LogP contribution in [0.5, 0.6) is 0 Å². The van der Waals surface area contributed by atoms with Crippen LogP contribution in [0.15, 0.2) is 48.8 Å². The van der Waals surface area contributed by atoms with Crippen LogP contribution in [-0.4, -0.2) is 24.3 Å². The van der Waals surface area contributed by atoms with E-state index in [-0.39, 0.29) is 5.75 Å². The number of aryl methyl sites for hydroxylation is 1. The highest BCUT2D eigenvalue weighted by atomic mass is 35.5. The van der Waals surface area contributed by atoms with Gasteiger partial charge in [-0.2, -0.15) is 0 Å². The third kappa shape index (κ3) is 4.35. The third-order valence-corrected chi connectivity index (χ3v) is 5.23. The maximum atomic E-state index is 12.1. The van der Waals surface area contributed by atoms with Crippen molar-refractivity contribution in [3.63, 3.8) is 0 Å². The number of imidazole rings is 1. The Morgan fingerprint density at radius 1 is 1.12 bits per heavy atom. The van der Waals surface area contributed by atoms with Gasteiger partial charge in [0.25, 0.3) is 0 Å². The molecule has 0 spiro atoms. The second-order valence-corrected chi connectivity index (χ2v) is 7.98. The minimum atomic E-state index is -3.36. The summed E-state index contributed by atoms with van der Waals surface area (Å²) in [5.74, 6) is -0.0198. The van der Waals surface area contributed by atoms with E-state index in [9.17, 15) is 8.42 Å². The number of hydrogen-bond donors (Lipinski definition) is 1. The van der Waals surface area contributed by atoms with Crippen molar-refractivity contribution in [1.29, 1.82) is 0 Å². The molecule has 1 aromatic carbocycles. The highest BCUT2D eigenvalue weighted by Crippen LogP contribution is 2.12. The predicted molar refractivity (Wildman–Crippen MR) is 95.7 cm³/mol. The van der Waals surface area contributed by atoms with E-state index in [1.807, 2.05) is 47.9 Å². The van der Waals surface area contributed by atoms with Crippen LogP contribution in [0.4, 0.5) is 0 Å². The van der Waals surface area contributed by atoms with E-state index in [1.165, 1.54) is 0 Å². The lowest BCUT2D eigenvalue weighted by molar-refractivity contribution is 0.580. The van der Waals surface area contributed by atoms with E-state index < -0.39 is 10.0 Å². The largest absolute Gasteiger partial charge is 0.305 e. The van der Waals surface area contributed by atoms with Crippen molar-refractivity contribution in [3.8, 4) is 0 Å². The Balaban J connectivity index is 1.58. The Morgan fingerprint density at radius 2 is 1.88 bits per heavy atom. The van der Waals surface area contributed by atoms with Crippen molar-refractivity contribution in [3.05, 3.63) is 70.6 Å². The topological polar surface area (TPSA) is 63.5 Å². The van der Waals surface area contributed by atoms with Crippen LogP contribution in [0.3, 0.4) is 0 Å². The van der Waals surface area contributed by atoms with E-state index in [4.69, 9.17) is 11.6 Å². The fraction of sp³-hybridized carbons (Fsp3) is 0.235. The molecule has 0 unspecified atom stereocenters. The van der Waals surface area contributed by atoms with Crippen molar-refractivity contribution in [2.24, 2.45) is 0 Å². The number of nitrogens with one attached hydrogen (secondary N) is 1.